The summed E-state index contributed by atoms with van der Waals surface area (Å²) >= 11 is 0. The highest BCUT2D eigenvalue weighted by atomic mass is 16.5. The standard InChI is InChI=1S/C14H14N2O4/c17-12-7-16(11-4-2-1-3-10(11)15-12)13(18)8-20-14(19)9-5-6-9/h1-4,9H,5-8H2,(H,15,17). The lowest BCUT2D eigenvalue weighted by molar-refractivity contribution is -0.149. The van der Waals surface area contributed by atoms with Gasteiger partial charge in [-0.05, 0) is 25.0 Å². The molecule has 0 saturated heterocycles. The highest BCUT2D eigenvalue weighted by Crippen LogP contribution is 2.31. The molecule has 6 heteroatoms. The smallest absolute Gasteiger partial charge is 0.309 e. The summed E-state index contributed by atoms with van der Waals surface area (Å²) in [6.07, 6.45) is 1.67. The zero-order valence-corrected chi connectivity index (χ0v) is 10.8. The SMILES string of the molecule is O=C1CN(C(=O)COC(=O)C2CC2)c2ccccc2N1. The third kappa shape index (κ3) is 2.49. The number of amides is 2. The Morgan fingerprint density at radius 1 is 1.30 bits per heavy atom. The quantitative estimate of drug-likeness (QED) is 0.832. The summed E-state index contributed by atoms with van der Waals surface area (Å²) in [4.78, 5) is 36.5. The van der Waals surface area contributed by atoms with Crippen molar-refractivity contribution in [2.45, 2.75) is 12.8 Å². The maximum atomic E-state index is 12.1. The Kier molecular flexibility index (Phi) is 3.14. The van der Waals surface area contributed by atoms with Gasteiger partial charge in [-0.1, -0.05) is 12.1 Å². The van der Waals surface area contributed by atoms with Crippen molar-refractivity contribution in [3.63, 3.8) is 0 Å². The van der Waals surface area contributed by atoms with E-state index < -0.39 is 0 Å². The summed E-state index contributed by atoms with van der Waals surface area (Å²) in [6.45, 7) is -0.381. The average Bonchev–Trinajstić information content (AvgIpc) is 3.28. The molecule has 6 nitrogen and oxygen atoms in total. The molecule has 0 spiro atoms. The molecule has 1 aliphatic carbocycles. The number of carbonyl (C=O) groups is 3. The minimum atomic E-state index is -0.388. The van der Waals surface area contributed by atoms with Crippen LogP contribution in [0.4, 0.5) is 11.4 Å². The van der Waals surface area contributed by atoms with E-state index in [2.05, 4.69) is 5.32 Å². The fraction of sp³-hybridized carbons (Fsp3) is 0.357. The van der Waals surface area contributed by atoms with E-state index in [1.54, 1.807) is 24.3 Å². The first-order chi connectivity index (χ1) is 9.65. The molecule has 2 aliphatic rings. The predicted molar refractivity (Wildman–Crippen MR) is 71.1 cm³/mol. The van der Waals surface area contributed by atoms with Gasteiger partial charge in [-0.25, -0.2) is 0 Å². The van der Waals surface area contributed by atoms with Gasteiger partial charge < -0.3 is 10.1 Å². The van der Waals surface area contributed by atoms with Gasteiger partial charge in [0.2, 0.25) is 5.91 Å². The third-order valence-corrected chi connectivity index (χ3v) is 3.32. The van der Waals surface area contributed by atoms with Crippen LogP contribution >= 0.6 is 0 Å². The number of hydrogen-bond acceptors (Lipinski definition) is 4. The van der Waals surface area contributed by atoms with Crippen molar-refractivity contribution in [2.24, 2.45) is 5.92 Å². The number of anilines is 2. The summed E-state index contributed by atoms with van der Waals surface area (Å²) < 4.78 is 4.97. The second kappa shape index (κ2) is 4.96. The Labute approximate surface area is 115 Å². The Morgan fingerprint density at radius 3 is 2.80 bits per heavy atom. The van der Waals surface area contributed by atoms with E-state index in [0.717, 1.165) is 12.8 Å². The Morgan fingerprint density at radius 2 is 2.05 bits per heavy atom. The second-order valence-electron chi connectivity index (χ2n) is 4.93. The van der Waals surface area contributed by atoms with Crippen molar-refractivity contribution < 1.29 is 19.1 Å². The van der Waals surface area contributed by atoms with Crippen molar-refractivity contribution in [3.8, 4) is 0 Å². The normalized spacial score (nSPS) is 17.2. The van der Waals surface area contributed by atoms with Crippen LogP contribution in [-0.2, 0) is 19.1 Å². The number of benzene rings is 1. The van der Waals surface area contributed by atoms with Gasteiger partial charge in [0.25, 0.3) is 5.91 Å². The Hall–Kier alpha value is -2.37. The van der Waals surface area contributed by atoms with Crippen molar-refractivity contribution >= 4 is 29.2 Å². The van der Waals surface area contributed by atoms with Gasteiger partial charge >= 0.3 is 5.97 Å². The lowest BCUT2D eigenvalue weighted by Crippen LogP contribution is -2.44. The maximum Gasteiger partial charge on any atom is 0.309 e. The fourth-order valence-corrected chi connectivity index (χ4v) is 2.10. The molecule has 3 rings (SSSR count). The number of ether oxygens (including phenoxy) is 1. The molecular weight excluding hydrogens is 260 g/mol. The number of esters is 1. The van der Waals surface area contributed by atoms with Crippen LogP contribution in [0.25, 0.3) is 0 Å². The molecule has 0 radical (unpaired) electrons. The van der Waals surface area contributed by atoms with Crippen LogP contribution in [0.5, 0.6) is 0 Å². The van der Waals surface area contributed by atoms with E-state index in [4.69, 9.17) is 4.74 Å². The molecule has 2 amide bonds. The van der Waals surface area contributed by atoms with E-state index in [9.17, 15) is 14.4 Å². The van der Waals surface area contributed by atoms with E-state index in [1.165, 1.54) is 4.90 Å². The number of carbonyl (C=O) groups excluding carboxylic acids is 3. The van der Waals surface area contributed by atoms with Gasteiger partial charge in [-0.3, -0.25) is 19.3 Å². The van der Waals surface area contributed by atoms with Crippen LogP contribution < -0.4 is 10.2 Å². The lowest BCUT2D eigenvalue weighted by atomic mass is 10.2. The zero-order valence-electron chi connectivity index (χ0n) is 10.8. The van der Waals surface area contributed by atoms with Crippen LogP contribution in [0, 0.1) is 5.92 Å². The second-order valence-corrected chi connectivity index (χ2v) is 4.93. The number of rotatable bonds is 3. The number of para-hydroxylation sites is 2. The van der Waals surface area contributed by atoms with E-state index in [1.807, 2.05) is 0 Å². The average molecular weight is 274 g/mol. The molecule has 0 aromatic heterocycles. The van der Waals surface area contributed by atoms with Crippen LogP contribution in [-0.4, -0.2) is 30.9 Å². The largest absolute Gasteiger partial charge is 0.455 e. The molecule has 0 atom stereocenters. The van der Waals surface area contributed by atoms with Gasteiger partial charge in [-0.2, -0.15) is 0 Å². The fourth-order valence-electron chi connectivity index (χ4n) is 2.10. The Balaban J connectivity index is 1.70. The van der Waals surface area contributed by atoms with Gasteiger partial charge in [0.15, 0.2) is 6.61 Å². The third-order valence-electron chi connectivity index (χ3n) is 3.32. The molecule has 1 saturated carbocycles. The van der Waals surface area contributed by atoms with Crippen LogP contribution in [0.15, 0.2) is 24.3 Å². The van der Waals surface area contributed by atoms with E-state index in [-0.39, 0.29) is 36.9 Å². The minimum absolute atomic E-state index is 0.0419. The van der Waals surface area contributed by atoms with Crippen molar-refractivity contribution in [1.82, 2.24) is 0 Å². The van der Waals surface area contributed by atoms with Crippen LogP contribution in [0.2, 0.25) is 0 Å². The van der Waals surface area contributed by atoms with Crippen molar-refractivity contribution in [2.75, 3.05) is 23.4 Å². The van der Waals surface area contributed by atoms with Crippen molar-refractivity contribution in [3.05, 3.63) is 24.3 Å². The number of nitrogens with one attached hydrogen (secondary N) is 1. The first kappa shape index (κ1) is 12.7. The van der Waals surface area contributed by atoms with Gasteiger partial charge in [-0.15, -0.1) is 0 Å². The molecule has 20 heavy (non-hydrogen) atoms. The number of fused-ring (bicyclic) bond motifs is 1. The molecule has 1 aliphatic heterocycles. The molecule has 1 aromatic rings. The molecule has 1 heterocycles. The lowest BCUT2D eigenvalue weighted by Gasteiger charge is -2.28. The molecule has 104 valence electrons. The molecule has 0 bridgehead atoms. The van der Waals surface area contributed by atoms with Gasteiger partial charge in [0.05, 0.1) is 17.3 Å². The molecule has 1 fully saturated rings. The first-order valence-corrected chi connectivity index (χ1v) is 6.51. The summed E-state index contributed by atoms with van der Waals surface area (Å²) in [5.74, 6) is -1.01. The molecule has 1 aromatic carbocycles. The van der Waals surface area contributed by atoms with Crippen LogP contribution in [0.3, 0.4) is 0 Å². The van der Waals surface area contributed by atoms with E-state index >= 15 is 0 Å². The monoisotopic (exact) mass is 274 g/mol. The van der Waals surface area contributed by atoms with Crippen molar-refractivity contribution in [1.29, 1.82) is 0 Å². The van der Waals surface area contributed by atoms with Gasteiger partial charge in [0, 0.05) is 0 Å². The summed E-state index contributed by atoms with van der Waals surface area (Å²) in [7, 11) is 0. The number of nitrogens with zero attached hydrogens (tertiary/aromatic N) is 1. The van der Waals surface area contributed by atoms with Gasteiger partial charge in [0.1, 0.15) is 6.54 Å². The number of hydrogen-bond donors (Lipinski definition) is 1. The first-order valence-electron chi connectivity index (χ1n) is 6.51. The molecule has 0 unspecified atom stereocenters. The molecular formula is C14H14N2O4. The highest BCUT2D eigenvalue weighted by Gasteiger charge is 2.33. The maximum absolute atomic E-state index is 12.1. The minimum Gasteiger partial charge on any atom is -0.455 e. The molecule has 1 N–H and O–H groups in total. The van der Waals surface area contributed by atoms with E-state index in [0.29, 0.717) is 11.4 Å². The summed E-state index contributed by atoms with van der Waals surface area (Å²) in [6, 6.07) is 7.03. The summed E-state index contributed by atoms with van der Waals surface area (Å²) in [5.41, 5.74) is 1.21. The highest BCUT2D eigenvalue weighted by molar-refractivity contribution is 6.10. The topological polar surface area (TPSA) is 75.7 Å². The summed E-state index contributed by atoms with van der Waals surface area (Å²) in [5, 5.41) is 2.70. The predicted octanol–water partition coefficient (Wildman–Crippen LogP) is 0.925. The van der Waals surface area contributed by atoms with Crippen LogP contribution in [0.1, 0.15) is 12.8 Å². The zero-order chi connectivity index (χ0) is 14.1. The Bertz CT molecular complexity index is 580.